The highest BCUT2D eigenvalue weighted by Gasteiger charge is 2.39. The van der Waals surface area contributed by atoms with Crippen molar-refractivity contribution in [3.63, 3.8) is 0 Å². The summed E-state index contributed by atoms with van der Waals surface area (Å²) in [5, 5.41) is 1.73. The van der Waals surface area contributed by atoms with E-state index >= 15 is 0 Å². The van der Waals surface area contributed by atoms with Gasteiger partial charge in [0.15, 0.2) is 5.58 Å². The van der Waals surface area contributed by atoms with Crippen LogP contribution in [0.25, 0.3) is 22.6 Å². The second-order valence-corrected chi connectivity index (χ2v) is 6.45. The van der Waals surface area contributed by atoms with Crippen molar-refractivity contribution in [2.45, 2.75) is 25.9 Å². The van der Waals surface area contributed by atoms with Crippen molar-refractivity contribution in [1.82, 2.24) is 4.98 Å². The lowest BCUT2D eigenvalue weighted by Crippen LogP contribution is -2.30. The summed E-state index contributed by atoms with van der Waals surface area (Å²) in [5.74, 6) is -1.56. The van der Waals surface area contributed by atoms with Gasteiger partial charge in [-0.2, -0.15) is 13.2 Å². The zero-order chi connectivity index (χ0) is 19.1. The summed E-state index contributed by atoms with van der Waals surface area (Å²) in [6, 6.07) is 9.84. The lowest BCUT2D eigenvalue weighted by atomic mass is 10.0. The number of amides is 1. The Labute approximate surface area is 152 Å². The van der Waals surface area contributed by atoms with Gasteiger partial charge in [0.1, 0.15) is 5.52 Å². The van der Waals surface area contributed by atoms with E-state index in [-0.39, 0.29) is 16.6 Å². The number of carbonyl (C=O) groups excluding carboxylic acids is 1. The first-order valence-corrected chi connectivity index (χ1v) is 8.11. The highest BCUT2D eigenvalue weighted by Crippen LogP contribution is 2.32. The van der Waals surface area contributed by atoms with Crippen molar-refractivity contribution < 1.29 is 22.4 Å². The fourth-order valence-electron chi connectivity index (χ4n) is 2.37. The summed E-state index contributed by atoms with van der Waals surface area (Å²) in [7, 11) is 0. The maximum atomic E-state index is 12.4. The highest BCUT2D eigenvalue weighted by atomic mass is 35.5. The number of nitrogens with one attached hydrogen (secondary N) is 1. The van der Waals surface area contributed by atoms with Gasteiger partial charge in [0, 0.05) is 5.56 Å². The molecule has 0 aliphatic rings. The molecule has 0 aliphatic heterocycles. The Bertz CT molecular complexity index is 980. The van der Waals surface area contributed by atoms with Crippen molar-refractivity contribution in [1.29, 1.82) is 0 Å². The Hall–Kier alpha value is -2.54. The second-order valence-electron chi connectivity index (χ2n) is 6.05. The molecule has 0 saturated heterocycles. The molecule has 0 radical (unpaired) electrons. The fourth-order valence-corrected chi connectivity index (χ4v) is 2.54. The molecule has 3 aromatic rings. The molecule has 0 atom stereocenters. The Morgan fingerprint density at radius 3 is 2.58 bits per heavy atom. The van der Waals surface area contributed by atoms with E-state index in [0.29, 0.717) is 22.6 Å². The lowest BCUT2D eigenvalue weighted by molar-refractivity contribution is -0.167. The minimum absolute atomic E-state index is 0.0236. The Morgan fingerprint density at radius 2 is 1.92 bits per heavy atom. The second kappa shape index (κ2) is 6.64. The summed E-state index contributed by atoms with van der Waals surface area (Å²) < 4.78 is 43.0. The van der Waals surface area contributed by atoms with E-state index in [1.807, 2.05) is 12.1 Å². The Morgan fingerprint density at radius 1 is 1.19 bits per heavy atom. The van der Waals surface area contributed by atoms with Crippen LogP contribution in [-0.4, -0.2) is 17.1 Å². The van der Waals surface area contributed by atoms with Gasteiger partial charge in [-0.15, -0.1) is 0 Å². The molecule has 136 valence electrons. The van der Waals surface area contributed by atoms with E-state index in [0.717, 1.165) is 5.56 Å². The van der Waals surface area contributed by atoms with E-state index in [1.165, 1.54) is 12.1 Å². The number of benzene rings is 2. The molecule has 0 spiro atoms. The summed E-state index contributed by atoms with van der Waals surface area (Å²) in [4.78, 5) is 15.5. The predicted octanol–water partition coefficient (Wildman–Crippen LogP) is 5.77. The van der Waals surface area contributed by atoms with Gasteiger partial charge in [-0.05, 0) is 41.8 Å². The minimum Gasteiger partial charge on any atom is -0.436 e. The molecular formula is C18H14ClF3N2O2. The first-order chi connectivity index (χ1) is 12.1. The number of aromatic nitrogens is 1. The fraction of sp³-hybridized carbons (Fsp3) is 0.222. The standard InChI is InChI=1S/C18H14ClF3N2O2/c1-9(2)10-4-6-15-14(7-10)23-16(26-15)11-3-5-12(19)13(8-11)24-17(25)18(20,21)22/h3-9H,1-2H3,(H,24,25). The zero-order valence-corrected chi connectivity index (χ0v) is 14.6. The van der Waals surface area contributed by atoms with Gasteiger partial charge in [0.05, 0.1) is 10.7 Å². The van der Waals surface area contributed by atoms with Gasteiger partial charge in [0.2, 0.25) is 5.89 Å². The van der Waals surface area contributed by atoms with Gasteiger partial charge < -0.3 is 9.73 Å². The molecule has 0 unspecified atom stereocenters. The molecule has 0 fully saturated rings. The number of nitrogens with zero attached hydrogens (tertiary/aromatic N) is 1. The molecule has 0 saturated carbocycles. The predicted molar refractivity (Wildman–Crippen MR) is 93.2 cm³/mol. The van der Waals surface area contributed by atoms with Gasteiger partial charge in [-0.3, -0.25) is 4.79 Å². The van der Waals surface area contributed by atoms with Crippen LogP contribution >= 0.6 is 11.6 Å². The molecule has 0 aliphatic carbocycles. The molecule has 1 heterocycles. The Balaban J connectivity index is 1.98. The van der Waals surface area contributed by atoms with Crippen LogP contribution in [0.2, 0.25) is 5.02 Å². The van der Waals surface area contributed by atoms with Crippen molar-refractivity contribution in [2.24, 2.45) is 0 Å². The van der Waals surface area contributed by atoms with Gasteiger partial charge >= 0.3 is 12.1 Å². The number of rotatable bonds is 3. The van der Waals surface area contributed by atoms with Crippen molar-refractivity contribution >= 4 is 34.3 Å². The van der Waals surface area contributed by atoms with Crippen molar-refractivity contribution in [3.05, 3.63) is 47.0 Å². The minimum atomic E-state index is -5.01. The van der Waals surface area contributed by atoms with Gasteiger partial charge in [0.25, 0.3) is 0 Å². The van der Waals surface area contributed by atoms with E-state index in [1.54, 1.807) is 17.4 Å². The van der Waals surface area contributed by atoms with E-state index < -0.39 is 12.1 Å². The van der Waals surface area contributed by atoms with Crippen LogP contribution in [0.1, 0.15) is 25.3 Å². The summed E-state index contributed by atoms with van der Waals surface area (Å²) >= 11 is 5.88. The summed E-state index contributed by atoms with van der Waals surface area (Å²) in [5.41, 5.74) is 2.51. The first kappa shape index (κ1) is 18.3. The van der Waals surface area contributed by atoms with Crippen LogP contribution in [0, 0.1) is 0 Å². The SMILES string of the molecule is CC(C)c1ccc2oc(-c3ccc(Cl)c(NC(=O)C(F)(F)F)c3)nc2c1. The van der Waals surface area contributed by atoms with Crippen LogP contribution in [-0.2, 0) is 4.79 Å². The number of hydrogen-bond acceptors (Lipinski definition) is 3. The summed E-state index contributed by atoms with van der Waals surface area (Å²) in [6.45, 7) is 4.11. The number of halogens is 4. The normalized spacial score (nSPS) is 12.0. The largest absolute Gasteiger partial charge is 0.471 e. The molecule has 4 nitrogen and oxygen atoms in total. The number of alkyl halides is 3. The van der Waals surface area contributed by atoms with E-state index in [4.69, 9.17) is 16.0 Å². The van der Waals surface area contributed by atoms with Crippen LogP contribution in [0.3, 0.4) is 0 Å². The summed E-state index contributed by atoms with van der Waals surface area (Å²) in [6.07, 6.45) is -5.01. The third-order valence-corrected chi connectivity index (χ3v) is 4.13. The molecule has 26 heavy (non-hydrogen) atoms. The molecular weight excluding hydrogens is 369 g/mol. The topological polar surface area (TPSA) is 55.1 Å². The van der Waals surface area contributed by atoms with Crippen LogP contribution in [0.4, 0.5) is 18.9 Å². The monoisotopic (exact) mass is 382 g/mol. The maximum Gasteiger partial charge on any atom is 0.471 e. The number of hydrogen-bond donors (Lipinski definition) is 1. The smallest absolute Gasteiger partial charge is 0.436 e. The zero-order valence-electron chi connectivity index (χ0n) is 13.8. The lowest BCUT2D eigenvalue weighted by Gasteiger charge is -2.10. The number of anilines is 1. The number of carbonyl (C=O) groups is 1. The van der Waals surface area contributed by atoms with Crippen LogP contribution in [0.15, 0.2) is 40.8 Å². The van der Waals surface area contributed by atoms with Crippen LogP contribution in [0.5, 0.6) is 0 Å². The molecule has 1 amide bonds. The molecule has 1 N–H and O–H groups in total. The molecule has 3 rings (SSSR count). The third-order valence-electron chi connectivity index (χ3n) is 3.80. The molecule has 1 aromatic heterocycles. The van der Waals surface area contributed by atoms with E-state index in [2.05, 4.69) is 18.8 Å². The molecule has 8 heteroatoms. The third kappa shape index (κ3) is 3.67. The maximum absolute atomic E-state index is 12.4. The Kier molecular flexibility index (Phi) is 4.66. The van der Waals surface area contributed by atoms with E-state index in [9.17, 15) is 18.0 Å². The first-order valence-electron chi connectivity index (χ1n) is 7.73. The van der Waals surface area contributed by atoms with Crippen molar-refractivity contribution in [3.8, 4) is 11.5 Å². The average molecular weight is 383 g/mol. The average Bonchev–Trinajstić information content (AvgIpc) is 2.98. The number of oxazole rings is 1. The quantitative estimate of drug-likeness (QED) is 0.625. The van der Waals surface area contributed by atoms with Crippen molar-refractivity contribution in [2.75, 3.05) is 5.32 Å². The highest BCUT2D eigenvalue weighted by molar-refractivity contribution is 6.33. The van der Waals surface area contributed by atoms with Gasteiger partial charge in [-0.25, -0.2) is 4.98 Å². The number of fused-ring (bicyclic) bond motifs is 1. The molecule has 0 bridgehead atoms. The molecule has 2 aromatic carbocycles. The van der Waals surface area contributed by atoms with Crippen LogP contribution < -0.4 is 5.32 Å². The van der Waals surface area contributed by atoms with Gasteiger partial charge in [-0.1, -0.05) is 31.5 Å².